The SMILES string of the molecule is O=C(N[C@@H](CCO)C(=O)O)C1=Cc2cc(Br)ccc2OC1. The molecule has 0 aromatic heterocycles. The van der Waals surface area contributed by atoms with E-state index in [0.29, 0.717) is 11.3 Å². The molecule has 0 unspecified atom stereocenters. The molecule has 1 aliphatic rings. The number of ether oxygens (including phenoxy) is 1. The molecule has 1 aromatic rings. The lowest BCUT2D eigenvalue weighted by Crippen LogP contribution is -2.42. The van der Waals surface area contributed by atoms with Gasteiger partial charge in [0.2, 0.25) is 0 Å². The molecule has 0 aliphatic carbocycles. The van der Waals surface area contributed by atoms with Crippen molar-refractivity contribution >= 4 is 33.9 Å². The molecule has 0 radical (unpaired) electrons. The molecule has 3 N–H and O–H groups in total. The molecule has 0 saturated carbocycles. The van der Waals surface area contributed by atoms with Crippen LogP contribution in [0.3, 0.4) is 0 Å². The second kappa shape index (κ2) is 6.73. The van der Waals surface area contributed by atoms with E-state index in [1.54, 1.807) is 12.1 Å². The van der Waals surface area contributed by atoms with Crippen LogP contribution in [0.15, 0.2) is 28.2 Å². The van der Waals surface area contributed by atoms with E-state index in [9.17, 15) is 9.59 Å². The Morgan fingerprint density at radius 1 is 1.43 bits per heavy atom. The second-order valence-corrected chi connectivity index (χ2v) is 5.43. The summed E-state index contributed by atoms with van der Waals surface area (Å²) in [5.74, 6) is -1.03. The van der Waals surface area contributed by atoms with Crippen LogP contribution >= 0.6 is 15.9 Å². The molecule has 1 atom stereocenters. The number of benzene rings is 1. The van der Waals surface area contributed by atoms with Gasteiger partial charge in [-0.1, -0.05) is 15.9 Å². The van der Waals surface area contributed by atoms with Crippen LogP contribution < -0.4 is 10.1 Å². The summed E-state index contributed by atoms with van der Waals surface area (Å²) >= 11 is 3.34. The highest BCUT2D eigenvalue weighted by Crippen LogP contribution is 2.29. The fourth-order valence-corrected chi connectivity index (χ4v) is 2.30. The van der Waals surface area contributed by atoms with Crippen LogP contribution in [0.5, 0.6) is 5.75 Å². The van der Waals surface area contributed by atoms with Crippen LogP contribution in [0.25, 0.3) is 6.08 Å². The Morgan fingerprint density at radius 2 is 2.19 bits per heavy atom. The van der Waals surface area contributed by atoms with Gasteiger partial charge in [-0.05, 0) is 24.3 Å². The molecular formula is C14H14BrNO5. The highest BCUT2D eigenvalue weighted by Gasteiger charge is 2.23. The average molecular weight is 356 g/mol. The molecular weight excluding hydrogens is 342 g/mol. The minimum Gasteiger partial charge on any atom is -0.488 e. The topological polar surface area (TPSA) is 95.9 Å². The van der Waals surface area contributed by atoms with Crippen molar-refractivity contribution < 1.29 is 24.5 Å². The zero-order chi connectivity index (χ0) is 15.4. The summed E-state index contributed by atoms with van der Waals surface area (Å²) in [5, 5.41) is 20.1. The average Bonchev–Trinajstić information content (AvgIpc) is 2.45. The number of carbonyl (C=O) groups is 2. The van der Waals surface area contributed by atoms with Crippen LogP contribution in [-0.2, 0) is 9.59 Å². The van der Waals surface area contributed by atoms with Gasteiger partial charge in [-0.25, -0.2) is 4.79 Å². The van der Waals surface area contributed by atoms with Crippen molar-refractivity contribution in [3.63, 3.8) is 0 Å². The molecule has 1 aliphatic heterocycles. The number of aliphatic carboxylic acids is 1. The predicted molar refractivity (Wildman–Crippen MR) is 78.9 cm³/mol. The molecule has 0 saturated heterocycles. The van der Waals surface area contributed by atoms with Gasteiger partial charge in [0.1, 0.15) is 18.4 Å². The van der Waals surface area contributed by atoms with E-state index in [1.807, 2.05) is 12.1 Å². The molecule has 112 valence electrons. The quantitative estimate of drug-likeness (QED) is 0.736. The van der Waals surface area contributed by atoms with Crippen molar-refractivity contribution in [1.82, 2.24) is 5.32 Å². The first-order chi connectivity index (χ1) is 10.0. The van der Waals surface area contributed by atoms with Crippen LogP contribution in [0.1, 0.15) is 12.0 Å². The lowest BCUT2D eigenvalue weighted by atomic mass is 10.1. The van der Waals surface area contributed by atoms with Gasteiger partial charge in [-0.15, -0.1) is 0 Å². The number of amides is 1. The fraction of sp³-hybridized carbons (Fsp3) is 0.286. The van der Waals surface area contributed by atoms with E-state index in [4.69, 9.17) is 14.9 Å². The summed E-state index contributed by atoms with van der Waals surface area (Å²) in [6.45, 7) is -0.242. The number of aliphatic hydroxyl groups excluding tert-OH is 1. The number of aliphatic hydroxyl groups is 1. The Morgan fingerprint density at radius 3 is 2.86 bits per heavy atom. The lowest BCUT2D eigenvalue weighted by Gasteiger charge is -2.19. The Balaban J connectivity index is 2.15. The fourth-order valence-electron chi connectivity index (χ4n) is 1.92. The number of carboxylic acid groups (broad SMARTS) is 1. The molecule has 0 bridgehead atoms. The summed E-state index contributed by atoms with van der Waals surface area (Å²) in [4.78, 5) is 23.0. The maximum absolute atomic E-state index is 12.1. The number of hydrogen-bond acceptors (Lipinski definition) is 4. The van der Waals surface area contributed by atoms with Crippen molar-refractivity contribution in [2.75, 3.05) is 13.2 Å². The predicted octanol–water partition coefficient (Wildman–Crippen LogP) is 1.18. The second-order valence-electron chi connectivity index (χ2n) is 4.52. The van der Waals surface area contributed by atoms with Gasteiger partial charge < -0.3 is 20.3 Å². The van der Waals surface area contributed by atoms with E-state index in [1.165, 1.54) is 0 Å². The monoisotopic (exact) mass is 355 g/mol. The van der Waals surface area contributed by atoms with Crippen LogP contribution in [0.2, 0.25) is 0 Å². The van der Waals surface area contributed by atoms with E-state index in [-0.39, 0.29) is 19.6 Å². The molecule has 7 heteroatoms. The van der Waals surface area contributed by atoms with Gasteiger partial charge in [0.05, 0.1) is 5.57 Å². The Labute approximate surface area is 129 Å². The van der Waals surface area contributed by atoms with Crippen LogP contribution in [-0.4, -0.2) is 41.3 Å². The number of hydrogen-bond donors (Lipinski definition) is 3. The maximum atomic E-state index is 12.1. The van der Waals surface area contributed by atoms with Gasteiger partial charge in [-0.3, -0.25) is 4.79 Å². The van der Waals surface area contributed by atoms with Gasteiger partial charge in [0.15, 0.2) is 0 Å². The first kappa shape index (κ1) is 15.5. The third kappa shape index (κ3) is 3.83. The van der Waals surface area contributed by atoms with Crippen molar-refractivity contribution in [3.05, 3.63) is 33.8 Å². The van der Waals surface area contributed by atoms with Gasteiger partial charge >= 0.3 is 5.97 Å². The minimum atomic E-state index is -1.18. The summed E-state index contributed by atoms with van der Waals surface area (Å²) in [7, 11) is 0. The third-order valence-corrected chi connectivity index (χ3v) is 3.49. The number of rotatable bonds is 5. The summed E-state index contributed by atoms with van der Waals surface area (Å²) in [5.41, 5.74) is 1.08. The number of nitrogens with one attached hydrogen (secondary N) is 1. The molecule has 6 nitrogen and oxygen atoms in total. The van der Waals surface area contributed by atoms with E-state index in [0.717, 1.165) is 10.0 Å². The zero-order valence-corrected chi connectivity index (χ0v) is 12.6. The highest BCUT2D eigenvalue weighted by atomic mass is 79.9. The number of carboxylic acids is 1. The maximum Gasteiger partial charge on any atom is 0.326 e. The minimum absolute atomic E-state index is 0.0443. The summed E-state index contributed by atoms with van der Waals surface area (Å²) in [6, 6.07) is 4.31. The van der Waals surface area contributed by atoms with Crippen LogP contribution in [0, 0.1) is 0 Å². The molecule has 2 rings (SSSR count). The van der Waals surface area contributed by atoms with Gasteiger partial charge in [0, 0.05) is 23.1 Å². The standard InChI is InChI=1S/C14H14BrNO5/c15-10-1-2-12-8(6-10)5-9(7-21-12)13(18)16-11(3-4-17)14(19)20/h1-2,5-6,11,17H,3-4,7H2,(H,16,18)(H,19,20)/t11-/m0/s1. The van der Waals surface area contributed by atoms with Crippen molar-refractivity contribution in [3.8, 4) is 5.75 Å². The Hall–Kier alpha value is -1.86. The molecule has 1 amide bonds. The van der Waals surface area contributed by atoms with Crippen molar-refractivity contribution in [2.24, 2.45) is 0 Å². The van der Waals surface area contributed by atoms with Crippen LogP contribution in [0.4, 0.5) is 0 Å². The lowest BCUT2D eigenvalue weighted by molar-refractivity contribution is -0.141. The Kier molecular flexibility index (Phi) is 4.98. The highest BCUT2D eigenvalue weighted by molar-refractivity contribution is 9.10. The van der Waals surface area contributed by atoms with Gasteiger partial charge in [0.25, 0.3) is 5.91 Å². The van der Waals surface area contributed by atoms with Crippen molar-refractivity contribution in [2.45, 2.75) is 12.5 Å². The Bertz CT molecular complexity index is 599. The van der Waals surface area contributed by atoms with E-state index < -0.39 is 17.9 Å². The molecule has 1 aromatic carbocycles. The number of fused-ring (bicyclic) bond motifs is 1. The van der Waals surface area contributed by atoms with Gasteiger partial charge in [-0.2, -0.15) is 0 Å². The largest absolute Gasteiger partial charge is 0.488 e. The molecule has 21 heavy (non-hydrogen) atoms. The first-order valence-electron chi connectivity index (χ1n) is 6.28. The smallest absolute Gasteiger partial charge is 0.326 e. The van der Waals surface area contributed by atoms with E-state index in [2.05, 4.69) is 21.2 Å². The number of halogens is 1. The molecule has 1 heterocycles. The summed E-state index contributed by atoms with van der Waals surface area (Å²) < 4.78 is 6.32. The number of carbonyl (C=O) groups excluding carboxylic acids is 1. The van der Waals surface area contributed by atoms with E-state index >= 15 is 0 Å². The first-order valence-corrected chi connectivity index (χ1v) is 7.08. The normalized spacial score (nSPS) is 14.5. The summed E-state index contributed by atoms with van der Waals surface area (Å²) in [6.07, 6.45) is 1.62. The van der Waals surface area contributed by atoms with Crippen molar-refractivity contribution in [1.29, 1.82) is 0 Å². The molecule has 0 fully saturated rings. The third-order valence-electron chi connectivity index (χ3n) is 3.00. The molecule has 0 spiro atoms. The zero-order valence-electron chi connectivity index (χ0n) is 11.0.